The third-order valence-corrected chi connectivity index (χ3v) is 4.63. The van der Waals surface area contributed by atoms with Crippen LogP contribution in [0.2, 0.25) is 5.02 Å². The number of benzene rings is 1. The fraction of sp³-hybridized carbons (Fsp3) is 0.286. The number of guanidine groups is 1. The van der Waals surface area contributed by atoms with Gasteiger partial charge in [-0.15, -0.1) is 35.3 Å². The van der Waals surface area contributed by atoms with Crippen LogP contribution in [0.5, 0.6) is 0 Å². The molecule has 0 bridgehead atoms. The molecule has 25 heavy (non-hydrogen) atoms. The van der Waals surface area contributed by atoms with Gasteiger partial charge >= 0.3 is 6.18 Å². The number of aromatic nitrogens is 1. The summed E-state index contributed by atoms with van der Waals surface area (Å²) >= 11 is 10.4. The van der Waals surface area contributed by atoms with E-state index in [0.717, 1.165) is 26.8 Å². The second-order valence-electron chi connectivity index (χ2n) is 4.64. The predicted octanol–water partition coefficient (Wildman–Crippen LogP) is 5.06. The zero-order valence-corrected chi connectivity index (χ0v) is 18.3. The van der Waals surface area contributed by atoms with Crippen molar-refractivity contribution in [1.82, 2.24) is 15.6 Å². The molecule has 0 saturated carbocycles. The smallest absolute Gasteiger partial charge is 0.352 e. The van der Waals surface area contributed by atoms with E-state index in [2.05, 4.69) is 36.5 Å². The van der Waals surface area contributed by atoms with Gasteiger partial charge in [0, 0.05) is 28.5 Å². The van der Waals surface area contributed by atoms with Gasteiger partial charge in [-0.25, -0.2) is 4.98 Å². The van der Waals surface area contributed by atoms with E-state index < -0.39 is 11.9 Å². The number of hydrogen-bond acceptors (Lipinski definition) is 3. The van der Waals surface area contributed by atoms with E-state index in [1.165, 1.54) is 0 Å². The number of nitrogens with one attached hydrogen (secondary N) is 2. The molecule has 1 aromatic heterocycles. The predicted molar refractivity (Wildman–Crippen MR) is 109 cm³/mol. The Balaban J connectivity index is 0.00000312. The molecule has 0 spiro atoms. The minimum atomic E-state index is -4.42. The standard InChI is InChI=1S/C14H13BrClF3N4S.HI/c1-20-13(21-5-8-2-3-9(15)4-10(8)16)22-6-12-23-11(7-24-12)14(17,18)19;/h2-4,7H,5-6H2,1H3,(H2,20,21,22);1H. The Kier molecular flexibility index (Phi) is 8.92. The van der Waals surface area contributed by atoms with Crippen LogP contribution in [-0.4, -0.2) is 18.0 Å². The zero-order valence-electron chi connectivity index (χ0n) is 12.8. The molecule has 11 heteroatoms. The van der Waals surface area contributed by atoms with E-state index in [1.807, 2.05) is 12.1 Å². The van der Waals surface area contributed by atoms with Gasteiger partial charge in [-0.3, -0.25) is 4.99 Å². The highest BCUT2D eigenvalue weighted by atomic mass is 127. The van der Waals surface area contributed by atoms with Crippen molar-refractivity contribution in [2.75, 3.05) is 7.05 Å². The molecule has 0 aliphatic heterocycles. The summed E-state index contributed by atoms with van der Waals surface area (Å²) in [7, 11) is 1.57. The highest BCUT2D eigenvalue weighted by Gasteiger charge is 2.33. The Bertz CT molecular complexity index is 739. The van der Waals surface area contributed by atoms with Gasteiger partial charge in [0.05, 0.1) is 6.54 Å². The van der Waals surface area contributed by atoms with E-state index in [4.69, 9.17) is 11.6 Å². The van der Waals surface area contributed by atoms with Crippen molar-refractivity contribution in [2.24, 2.45) is 4.99 Å². The molecular weight excluding hydrogens is 556 g/mol. The molecule has 0 radical (unpaired) electrons. The number of rotatable bonds is 4. The molecule has 1 aromatic carbocycles. The van der Waals surface area contributed by atoms with Gasteiger partial charge in [0.2, 0.25) is 0 Å². The third kappa shape index (κ3) is 6.91. The van der Waals surface area contributed by atoms with Crippen LogP contribution in [0.4, 0.5) is 13.2 Å². The van der Waals surface area contributed by atoms with Gasteiger partial charge in [0.15, 0.2) is 11.7 Å². The first-order valence-corrected chi connectivity index (χ1v) is 8.74. The summed E-state index contributed by atoms with van der Waals surface area (Å²) in [4.78, 5) is 7.57. The lowest BCUT2D eigenvalue weighted by Crippen LogP contribution is -2.36. The molecule has 4 nitrogen and oxygen atoms in total. The minimum Gasteiger partial charge on any atom is -0.352 e. The van der Waals surface area contributed by atoms with Crippen molar-refractivity contribution in [3.8, 4) is 0 Å². The highest BCUT2D eigenvalue weighted by Crippen LogP contribution is 2.29. The van der Waals surface area contributed by atoms with Crippen LogP contribution in [0, 0.1) is 0 Å². The molecule has 1 heterocycles. The number of alkyl halides is 3. The van der Waals surface area contributed by atoms with Crippen LogP contribution in [0.15, 0.2) is 33.0 Å². The largest absolute Gasteiger partial charge is 0.434 e. The van der Waals surface area contributed by atoms with Crippen molar-refractivity contribution in [3.05, 3.63) is 49.3 Å². The Morgan fingerprint density at radius 3 is 2.56 bits per heavy atom. The van der Waals surface area contributed by atoms with E-state index >= 15 is 0 Å². The SMILES string of the molecule is CN=C(NCc1nc(C(F)(F)F)cs1)NCc1ccc(Br)cc1Cl.I. The second-order valence-corrected chi connectivity index (χ2v) is 6.90. The molecule has 0 saturated heterocycles. The Morgan fingerprint density at radius 2 is 2.00 bits per heavy atom. The quantitative estimate of drug-likeness (QED) is 0.308. The summed E-state index contributed by atoms with van der Waals surface area (Å²) in [5, 5.41) is 7.89. The first-order valence-electron chi connectivity index (χ1n) is 6.69. The molecule has 0 amide bonds. The van der Waals surface area contributed by atoms with Crippen molar-refractivity contribution in [2.45, 2.75) is 19.3 Å². The molecular formula is C14H14BrClF3IN4S. The molecule has 0 aliphatic carbocycles. The minimum absolute atomic E-state index is 0. The highest BCUT2D eigenvalue weighted by molar-refractivity contribution is 14.0. The first-order chi connectivity index (χ1) is 11.3. The molecule has 0 fully saturated rings. The number of hydrogen-bond donors (Lipinski definition) is 2. The summed E-state index contributed by atoms with van der Waals surface area (Å²) in [5.41, 5.74) is -0.00897. The maximum Gasteiger partial charge on any atom is 0.434 e. The number of halogens is 6. The molecule has 0 atom stereocenters. The first kappa shape index (κ1) is 22.5. The summed E-state index contributed by atoms with van der Waals surface area (Å²) in [6.45, 7) is 0.575. The number of thiazole rings is 1. The van der Waals surface area contributed by atoms with Gasteiger partial charge < -0.3 is 10.6 Å². The number of aliphatic imine (C=N–C) groups is 1. The Hall–Kier alpha value is -0.590. The van der Waals surface area contributed by atoms with E-state index in [9.17, 15) is 13.2 Å². The van der Waals surface area contributed by atoms with E-state index in [1.54, 1.807) is 13.1 Å². The van der Waals surface area contributed by atoms with Crippen molar-refractivity contribution < 1.29 is 13.2 Å². The fourth-order valence-electron chi connectivity index (χ4n) is 1.75. The topological polar surface area (TPSA) is 49.3 Å². The molecule has 0 unspecified atom stereocenters. The summed E-state index contributed by atoms with van der Waals surface area (Å²) in [6, 6.07) is 5.51. The van der Waals surface area contributed by atoms with Crippen LogP contribution >= 0.6 is 62.8 Å². The van der Waals surface area contributed by atoms with Crippen molar-refractivity contribution in [3.63, 3.8) is 0 Å². The maximum absolute atomic E-state index is 12.5. The maximum atomic E-state index is 12.5. The lowest BCUT2D eigenvalue weighted by atomic mass is 10.2. The van der Waals surface area contributed by atoms with Crippen LogP contribution in [0.25, 0.3) is 0 Å². The van der Waals surface area contributed by atoms with Crippen LogP contribution in [0.1, 0.15) is 16.3 Å². The molecule has 0 aliphatic rings. The fourth-order valence-corrected chi connectivity index (χ4v) is 3.23. The van der Waals surface area contributed by atoms with Crippen molar-refractivity contribution >= 4 is 68.8 Å². The average Bonchev–Trinajstić information content (AvgIpc) is 2.98. The van der Waals surface area contributed by atoms with E-state index in [0.29, 0.717) is 22.5 Å². The average molecular weight is 570 g/mol. The Morgan fingerprint density at radius 1 is 1.32 bits per heavy atom. The summed E-state index contributed by atoms with van der Waals surface area (Å²) < 4.78 is 38.4. The van der Waals surface area contributed by atoms with Crippen LogP contribution in [0.3, 0.4) is 0 Å². The van der Waals surface area contributed by atoms with Gasteiger partial charge in [-0.05, 0) is 17.7 Å². The lowest BCUT2D eigenvalue weighted by molar-refractivity contribution is -0.140. The summed E-state index contributed by atoms with van der Waals surface area (Å²) in [5.74, 6) is 0.442. The normalized spacial score (nSPS) is 11.8. The van der Waals surface area contributed by atoms with Crippen LogP contribution in [-0.2, 0) is 19.3 Å². The van der Waals surface area contributed by atoms with Gasteiger partial charge in [-0.1, -0.05) is 33.6 Å². The van der Waals surface area contributed by atoms with Gasteiger partial charge in [0.1, 0.15) is 5.01 Å². The molecule has 2 aromatic rings. The molecule has 138 valence electrons. The Labute approximate surface area is 177 Å². The lowest BCUT2D eigenvalue weighted by Gasteiger charge is -2.12. The molecule has 2 N–H and O–H groups in total. The zero-order chi connectivity index (χ0) is 17.7. The van der Waals surface area contributed by atoms with Gasteiger partial charge in [-0.2, -0.15) is 13.2 Å². The van der Waals surface area contributed by atoms with E-state index in [-0.39, 0.29) is 30.5 Å². The van der Waals surface area contributed by atoms with Crippen molar-refractivity contribution in [1.29, 1.82) is 0 Å². The van der Waals surface area contributed by atoms with Crippen LogP contribution < -0.4 is 10.6 Å². The second kappa shape index (κ2) is 9.93. The van der Waals surface area contributed by atoms with Gasteiger partial charge in [0.25, 0.3) is 0 Å². The number of nitrogens with zero attached hydrogens (tertiary/aromatic N) is 2. The molecule has 2 rings (SSSR count). The monoisotopic (exact) mass is 568 g/mol. The summed E-state index contributed by atoms with van der Waals surface area (Å²) in [6.07, 6.45) is -4.42. The third-order valence-electron chi connectivity index (χ3n) is 2.93.